The van der Waals surface area contributed by atoms with E-state index < -0.39 is 10.0 Å². The summed E-state index contributed by atoms with van der Waals surface area (Å²) in [4.78, 5) is 17.1. The Morgan fingerprint density at radius 1 is 1.07 bits per heavy atom. The number of sulfonamides is 1. The van der Waals surface area contributed by atoms with Gasteiger partial charge in [0.15, 0.2) is 0 Å². The van der Waals surface area contributed by atoms with Crippen LogP contribution in [0, 0.1) is 0 Å². The minimum absolute atomic E-state index is 0.169. The highest BCUT2D eigenvalue weighted by Crippen LogP contribution is 2.30. The van der Waals surface area contributed by atoms with E-state index in [1.165, 1.54) is 25.3 Å². The van der Waals surface area contributed by atoms with Gasteiger partial charge in [-0.15, -0.1) is 0 Å². The monoisotopic (exact) mass is 448 g/mol. The van der Waals surface area contributed by atoms with Crippen molar-refractivity contribution in [2.24, 2.45) is 0 Å². The number of benzene rings is 2. The summed E-state index contributed by atoms with van der Waals surface area (Å²) in [6.07, 6.45) is 3.04. The number of hydrogen-bond acceptors (Lipinski definition) is 5. The maximum atomic E-state index is 12.5. The second kappa shape index (κ2) is 9.61. The first-order chi connectivity index (χ1) is 14.3. The summed E-state index contributed by atoms with van der Waals surface area (Å²) in [6.45, 7) is 3.65. The van der Waals surface area contributed by atoms with Crippen LogP contribution in [0.5, 0.6) is 0 Å². The van der Waals surface area contributed by atoms with Crippen molar-refractivity contribution >= 4 is 45.0 Å². The molecule has 9 heteroatoms. The number of carbonyl (C=O) groups is 1. The summed E-state index contributed by atoms with van der Waals surface area (Å²) >= 11 is 6.15. The Labute approximate surface area is 182 Å². The molecule has 0 unspecified atom stereocenters. The van der Waals surface area contributed by atoms with Gasteiger partial charge < -0.3 is 15.1 Å². The maximum absolute atomic E-state index is 12.5. The van der Waals surface area contributed by atoms with Crippen LogP contribution in [0.2, 0.25) is 5.02 Å². The first-order valence-corrected chi connectivity index (χ1v) is 11.4. The van der Waals surface area contributed by atoms with Crippen molar-refractivity contribution in [3.05, 3.63) is 59.1 Å². The van der Waals surface area contributed by atoms with Crippen LogP contribution in [0.1, 0.15) is 5.56 Å². The lowest BCUT2D eigenvalue weighted by molar-refractivity contribution is -0.111. The molecule has 0 bridgehead atoms. The van der Waals surface area contributed by atoms with Gasteiger partial charge in [0.2, 0.25) is 15.9 Å². The molecule has 2 aromatic carbocycles. The minimum atomic E-state index is -3.48. The molecule has 1 aliphatic heterocycles. The number of piperazine rings is 1. The Morgan fingerprint density at radius 3 is 2.37 bits per heavy atom. The quantitative estimate of drug-likeness (QED) is 0.664. The summed E-state index contributed by atoms with van der Waals surface area (Å²) < 4.78 is 25.8. The molecule has 0 saturated carbocycles. The predicted molar refractivity (Wildman–Crippen MR) is 122 cm³/mol. The van der Waals surface area contributed by atoms with Crippen LogP contribution in [0.4, 0.5) is 11.4 Å². The number of anilines is 2. The van der Waals surface area contributed by atoms with Gasteiger partial charge in [-0.25, -0.2) is 13.1 Å². The smallest absolute Gasteiger partial charge is 0.248 e. The lowest BCUT2D eigenvalue weighted by Gasteiger charge is -2.35. The van der Waals surface area contributed by atoms with E-state index in [-0.39, 0.29) is 10.8 Å². The summed E-state index contributed by atoms with van der Waals surface area (Å²) in [6, 6.07) is 11.8. The molecule has 1 saturated heterocycles. The average Bonchev–Trinajstić information content (AvgIpc) is 2.73. The number of hydrogen-bond donors (Lipinski definition) is 2. The van der Waals surface area contributed by atoms with Crippen LogP contribution < -0.4 is 14.9 Å². The Morgan fingerprint density at radius 2 is 1.73 bits per heavy atom. The van der Waals surface area contributed by atoms with Gasteiger partial charge >= 0.3 is 0 Å². The fourth-order valence-corrected chi connectivity index (χ4v) is 4.06. The van der Waals surface area contributed by atoms with Gasteiger partial charge in [0, 0.05) is 37.3 Å². The van der Waals surface area contributed by atoms with E-state index in [0.717, 1.165) is 31.9 Å². The molecule has 30 heavy (non-hydrogen) atoms. The van der Waals surface area contributed by atoms with Gasteiger partial charge in [-0.2, -0.15) is 0 Å². The molecular formula is C21H25ClN4O3S. The van der Waals surface area contributed by atoms with Gasteiger partial charge in [-0.1, -0.05) is 23.7 Å². The SMILES string of the molecule is CNS(=O)(=O)c1ccc(/C=C/C(=O)Nc2cc(Cl)ccc2N2CCN(C)CC2)cc1. The number of nitrogens with zero attached hydrogens (tertiary/aromatic N) is 2. The van der Waals surface area contributed by atoms with Gasteiger partial charge in [0.05, 0.1) is 16.3 Å². The third-order valence-corrected chi connectivity index (χ3v) is 6.61. The number of carbonyl (C=O) groups excluding carboxylic acids is 1. The van der Waals surface area contributed by atoms with Crippen LogP contribution in [0.25, 0.3) is 6.08 Å². The largest absolute Gasteiger partial charge is 0.367 e. The van der Waals surface area contributed by atoms with E-state index in [2.05, 4.69) is 26.9 Å². The molecule has 3 rings (SSSR count). The molecule has 1 fully saturated rings. The molecule has 0 aromatic heterocycles. The molecule has 0 atom stereocenters. The second-order valence-electron chi connectivity index (χ2n) is 7.05. The molecule has 0 spiro atoms. The zero-order valence-electron chi connectivity index (χ0n) is 16.9. The molecule has 7 nitrogen and oxygen atoms in total. The van der Waals surface area contributed by atoms with Crippen LogP contribution >= 0.6 is 11.6 Å². The normalized spacial score (nSPS) is 15.5. The van der Waals surface area contributed by atoms with Crippen LogP contribution in [-0.2, 0) is 14.8 Å². The van der Waals surface area contributed by atoms with E-state index >= 15 is 0 Å². The van der Waals surface area contributed by atoms with Gasteiger partial charge in [0.1, 0.15) is 0 Å². The number of rotatable bonds is 6. The highest BCUT2D eigenvalue weighted by atomic mass is 35.5. The Kier molecular flexibility index (Phi) is 7.14. The van der Waals surface area contributed by atoms with Crippen molar-refractivity contribution in [1.29, 1.82) is 0 Å². The van der Waals surface area contributed by atoms with E-state index in [9.17, 15) is 13.2 Å². The van der Waals surface area contributed by atoms with Gasteiger partial charge in [-0.3, -0.25) is 4.79 Å². The average molecular weight is 449 g/mol. The third kappa shape index (κ3) is 5.60. The van der Waals surface area contributed by atoms with Gasteiger partial charge in [0.25, 0.3) is 0 Å². The van der Waals surface area contributed by atoms with Gasteiger partial charge in [-0.05, 0) is 56.1 Å². The first kappa shape index (κ1) is 22.3. The summed E-state index contributed by atoms with van der Waals surface area (Å²) in [7, 11) is -0.0320. The zero-order chi connectivity index (χ0) is 21.7. The maximum Gasteiger partial charge on any atom is 0.248 e. The Hall–Kier alpha value is -2.39. The summed E-state index contributed by atoms with van der Waals surface area (Å²) in [5.41, 5.74) is 2.32. The lowest BCUT2D eigenvalue weighted by Crippen LogP contribution is -2.44. The van der Waals surface area contributed by atoms with E-state index in [0.29, 0.717) is 16.3 Å². The molecular weight excluding hydrogens is 424 g/mol. The molecule has 1 amide bonds. The lowest BCUT2D eigenvalue weighted by atomic mass is 10.2. The predicted octanol–water partition coefficient (Wildman–Crippen LogP) is 2.65. The van der Waals surface area contributed by atoms with Crippen molar-refractivity contribution in [2.45, 2.75) is 4.90 Å². The second-order valence-corrected chi connectivity index (χ2v) is 9.37. The van der Waals surface area contributed by atoms with E-state index in [1.54, 1.807) is 24.3 Å². The number of nitrogens with one attached hydrogen (secondary N) is 2. The third-order valence-electron chi connectivity index (χ3n) is 4.95. The van der Waals surface area contributed by atoms with Crippen LogP contribution in [0.15, 0.2) is 53.4 Å². The fourth-order valence-electron chi connectivity index (χ4n) is 3.15. The summed E-state index contributed by atoms with van der Waals surface area (Å²) in [5.74, 6) is -0.292. The minimum Gasteiger partial charge on any atom is -0.367 e. The number of halogens is 1. The Bertz CT molecular complexity index is 1030. The molecule has 160 valence electrons. The van der Waals surface area contributed by atoms with Crippen LogP contribution in [0.3, 0.4) is 0 Å². The molecule has 0 aliphatic carbocycles. The van der Waals surface area contributed by atoms with Crippen molar-refractivity contribution in [3.8, 4) is 0 Å². The van der Waals surface area contributed by atoms with Crippen molar-refractivity contribution < 1.29 is 13.2 Å². The number of likely N-dealkylation sites (N-methyl/N-ethyl adjacent to an activating group) is 1. The molecule has 1 aliphatic rings. The molecule has 1 heterocycles. The van der Waals surface area contributed by atoms with E-state index in [1.807, 2.05) is 12.1 Å². The molecule has 0 radical (unpaired) electrons. The number of amides is 1. The topological polar surface area (TPSA) is 81.7 Å². The highest BCUT2D eigenvalue weighted by Gasteiger charge is 2.18. The van der Waals surface area contributed by atoms with Crippen molar-refractivity contribution in [3.63, 3.8) is 0 Å². The fraction of sp³-hybridized carbons (Fsp3) is 0.286. The first-order valence-electron chi connectivity index (χ1n) is 9.54. The van der Waals surface area contributed by atoms with E-state index in [4.69, 9.17) is 11.6 Å². The summed E-state index contributed by atoms with van der Waals surface area (Å²) in [5, 5.41) is 3.45. The van der Waals surface area contributed by atoms with Crippen molar-refractivity contribution in [2.75, 3.05) is 50.5 Å². The Balaban J connectivity index is 1.71. The molecule has 2 N–H and O–H groups in total. The van der Waals surface area contributed by atoms with Crippen molar-refractivity contribution in [1.82, 2.24) is 9.62 Å². The highest BCUT2D eigenvalue weighted by molar-refractivity contribution is 7.89. The standard InChI is InChI=1S/C21H25ClN4O3S/c1-23-30(28,29)18-7-3-16(4-8-18)5-10-21(27)24-19-15-17(22)6-9-20(19)26-13-11-25(2)12-14-26/h3-10,15,23H,11-14H2,1-2H3,(H,24,27)/b10-5+. The molecule has 2 aromatic rings. The van der Waals surface area contributed by atoms with Crippen LogP contribution in [-0.4, -0.2) is 59.5 Å². The zero-order valence-corrected chi connectivity index (χ0v) is 18.5.